The Morgan fingerprint density at radius 3 is 2.27 bits per heavy atom. The Kier molecular flexibility index (Phi) is 8.97. The predicted molar refractivity (Wildman–Crippen MR) is 153 cm³/mol. The van der Waals surface area contributed by atoms with Gasteiger partial charge in [0.25, 0.3) is 11.8 Å². The average Bonchev–Trinajstić information content (AvgIpc) is 3.47. The summed E-state index contributed by atoms with van der Waals surface area (Å²) in [6, 6.07) is 10.8. The Hall–Kier alpha value is -2.50. The molecule has 0 saturated heterocycles. The highest BCUT2D eigenvalue weighted by Gasteiger charge is 2.67. The van der Waals surface area contributed by atoms with E-state index in [0.29, 0.717) is 15.1 Å². The molecule has 6 nitrogen and oxygen atoms in total. The fourth-order valence-corrected chi connectivity index (χ4v) is 5.49. The van der Waals surface area contributed by atoms with Gasteiger partial charge in [-0.25, -0.2) is 13.2 Å². The van der Waals surface area contributed by atoms with E-state index in [4.69, 9.17) is 46.4 Å². The SMILES string of the molecule is CC(F)C(=O)Nc1c(F)ccc(NC(=O)c2cc(NC(=O)C3C(c4ccc(Cl)c(Br)c4)C3(Cl)Cl)ccc2Cl)c1F. The van der Waals surface area contributed by atoms with Gasteiger partial charge < -0.3 is 16.0 Å². The average molecular weight is 698 g/mol. The summed E-state index contributed by atoms with van der Waals surface area (Å²) in [6.45, 7) is 0.894. The predicted octanol–water partition coefficient (Wildman–Crippen LogP) is 8.11. The first-order valence-corrected chi connectivity index (χ1v) is 13.7. The van der Waals surface area contributed by atoms with Gasteiger partial charge in [0.2, 0.25) is 5.91 Å². The zero-order valence-electron chi connectivity index (χ0n) is 20.1. The van der Waals surface area contributed by atoms with Crippen molar-refractivity contribution in [2.75, 3.05) is 16.0 Å². The summed E-state index contributed by atoms with van der Waals surface area (Å²) in [5.74, 6) is -6.58. The monoisotopic (exact) mass is 695 g/mol. The molecule has 4 rings (SSSR count). The highest BCUT2D eigenvalue weighted by Crippen LogP contribution is 2.65. The van der Waals surface area contributed by atoms with Gasteiger partial charge in [-0.1, -0.05) is 29.3 Å². The van der Waals surface area contributed by atoms with Gasteiger partial charge in [0.1, 0.15) is 15.8 Å². The zero-order chi connectivity index (χ0) is 29.5. The van der Waals surface area contributed by atoms with Crippen molar-refractivity contribution in [3.05, 3.63) is 85.8 Å². The van der Waals surface area contributed by atoms with E-state index in [2.05, 4.69) is 26.6 Å². The number of nitrogens with one attached hydrogen (secondary N) is 3. The molecular weight excluding hydrogens is 681 g/mol. The molecule has 0 aliphatic heterocycles. The third-order valence-corrected chi connectivity index (χ3v) is 8.55. The van der Waals surface area contributed by atoms with Gasteiger partial charge in [0, 0.05) is 16.1 Å². The minimum atomic E-state index is -2.03. The molecule has 1 aliphatic rings. The lowest BCUT2D eigenvalue weighted by Crippen LogP contribution is -2.23. The van der Waals surface area contributed by atoms with Gasteiger partial charge in [-0.15, -0.1) is 23.2 Å². The summed E-state index contributed by atoms with van der Waals surface area (Å²) < 4.78 is 41.3. The molecule has 3 amide bonds. The summed E-state index contributed by atoms with van der Waals surface area (Å²) in [4.78, 5) is 37.5. The minimum absolute atomic E-state index is 0.0443. The molecule has 1 aliphatic carbocycles. The van der Waals surface area contributed by atoms with Crippen LogP contribution in [0.15, 0.2) is 53.0 Å². The number of hydrogen-bond donors (Lipinski definition) is 3. The molecule has 210 valence electrons. The van der Waals surface area contributed by atoms with Crippen molar-refractivity contribution in [2.45, 2.75) is 23.3 Å². The fourth-order valence-electron chi connectivity index (χ4n) is 3.95. The number of carbonyl (C=O) groups is 3. The van der Waals surface area contributed by atoms with Crippen LogP contribution in [-0.2, 0) is 9.59 Å². The van der Waals surface area contributed by atoms with E-state index < -0.39 is 63.1 Å². The second-order valence-electron chi connectivity index (χ2n) is 8.83. The van der Waals surface area contributed by atoms with Crippen LogP contribution in [0, 0.1) is 17.6 Å². The molecule has 0 heterocycles. The van der Waals surface area contributed by atoms with Crippen molar-refractivity contribution in [3.8, 4) is 0 Å². The Balaban J connectivity index is 1.51. The summed E-state index contributed by atoms with van der Waals surface area (Å²) in [6.07, 6.45) is -2.03. The van der Waals surface area contributed by atoms with Gasteiger partial charge in [0.05, 0.1) is 27.2 Å². The molecule has 40 heavy (non-hydrogen) atoms. The molecule has 3 aromatic carbocycles. The number of halogens is 8. The van der Waals surface area contributed by atoms with Crippen molar-refractivity contribution in [3.63, 3.8) is 0 Å². The quantitative estimate of drug-likeness (QED) is 0.218. The van der Waals surface area contributed by atoms with Gasteiger partial charge >= 0.3 is 0 Å². The van der Waals surface area contributed by atoms with Crippen molar-refractivity contribution < 1.29 is 27.6 Å². The molecule has 0 bridgehead atoms. The number of hydrogen-bond acceptors (Lipinski definition) is 3. The Morgan fingerprint density at radius 2 is 1.62 bits per heavy atom. The molecule has 1 saturated carbocycles. The Labute approximate surface area is 254 Å². The lowest BCUT2D eigenvalue weighted by Gasteiger charge is -2.13. The Bertz CT molecular complexity index is 1540. The van der Waals surface area contributed by atoms with E-state index in [1.165, 1.54) is 18.2 Å². The van der Waals surface area contributed by atoms with E-state index >= 15 is 0 Å². The number of anilines is 3. The third-order valence-electron chi connectivity index (χ3n) is 6.07. The standard InChI is InChI=1S/C26H17BrCl4F3N3O3/c1-10(32)23(38)37-22-17(33)6-7-18(21(22)34)36-24(39)13-9-12(3-5-15(13)28)35-25(40)20-19(26(20,30)31)11-2-4-16(29)14(27)8-11/h2-10,19-20H,1H3,(H,35,40)(H,36,39)(H,37,38). The first-order chi connectivity index (χ1) is 18.7. The smallest absolute Gasteiger partial charge is 0.258 e. The van der Waals surface area contributed by atoms with Crippen LogP contribution in [0.25, 0.3) is 0 Å². The number of benzene rings is 3. The second kappa shape index (κ2) is 11.8. The van der Waals surface area contributed by atoms with Gasteiger partial charge in [0.15, 0.2) is 12.0 Å². The van der Waals surface area contributed by atoms with Crippen molar-refractivity contribution in [2.24, 2.45) is 5.92 Å². The van der Waals surface area contributed by atoms with E-state index in [1.807, 2.05) is 0 Å². The van der Waals surface area contributed by atoms with Crippen LogP contribution < -0.4 is 16.0 Å². The lowest BCUT2D eigenvalue weighted by molar-refractivity contribution is -0.120. The van der Waals surface area contributed by atoms with Crippen molar-refractivity contribution in [1.29, 1.82) is 0 Å². The number of carbonyl (C=O) groups excluding carboxylic acids is 3. The highest BCUT2D eigenvalue weighted by molar-refractivity contribution is 9.10. The van der Waals surface area contributed by atoms with E-state index in [-0.39, 0.29) is 16.3 Å². The maximum atomic E-state index is 14.9. The summed E-state index contributed by atoms with van der Waals surface area (Å²) in [5.41, 5.74) is -0.755. The van der Waals surface area contributed by atoms with Gasteiger partial charge in [-0.2, -0.15) is 0 Å². The van der Waals surface area contributed by atoms with E-state index in [0.717, 1.165) is 19.1 Å². The van der Waals surface area contributed by atoms with E-state index in [9.17, 15) is 27.6 Å². The zero-order valence-corrected chi connectivity index (χ0v) is 24.7. The topological polar surface area (TPSA) is 87.3 Å². The molecule has 3 aromatic rings. The molecule has 0 aromatic heterocycles. The Morgan fingerprint density at radius 1 is 0.950 bits per heavy atom. The molecular formula is C26H17BrCl4F3N3O3. The van der Waals surface area contributed by atoms with Crippen LogP contribution in [0.3, 0.4) is 0 Å². The molecule has 3 atom stereocenters. The largest absolute Gasteiger partial charge is 0.326 e. The highest BCUT2D eigenvalue weighted by atomic mass is 79.9. The summed E-state index contributed by atoms with van der Waals surface area (Å²) >= 11 is 28.3. The van der Waals surface area contributed by atoms with Gasteiger partial charge in [-0.3, -0.25) is 14.4 Å². The maximum Gasteiger partial charge on any atom is 0.258 e. The van der Waals surface area contributed by atoms with Crippen LogP contribution >= 0.6 is 62.3 Å². The van der Waals surface area contributed by atoms with Crippen LogP contribution in [0.1, 0.15) is 28.8 Å². The summed E-state index contributed by atoms with van der Waals surface area (Å²) in [7, 11) is 0. The van der Waals surface area contributed by atoms with Crippen molar-refractivity contribution in [1.82, 2.24) is 0 Å². The molecule has 3 N–H and O–H groups in total. The lowest BCUT2D eigenvalue weighted by atomic mass is 10.1. The van der Waals surface area contributed by atoms with Gasteiger partial charge in [-0.05, 0) is 70.9 Å². The molecule has 1 fully saturated rings. The molecule has 3 unspecified atom stereocenters. The minimum Gasteiger partial charge on any atom is -0.326 e. The summed E-state index contributed by atoms with van der Waals surface area (Å²) in [5, 5.41) is 7.09. The number of alkyl halides is 3. The first kappa shape index (κ1) is 30.5. The first-order valence-electron chi connectivity index (χ1n) is 11.4. The van der Waals surface area contributed by atoms with Crippen LogP contribution in [0.4, 0.5) is 30.2 Å². The fraction of sp³-hybridized carbons (Fsp3) is 0.192. The second-order valence-corrected chi connectivity index (χ2v) is 11.9. The number of rotatable bonds is 7. The molecule has 0 spiro atoms. The molecule has 0 radical (unpaired) electrons. The van der Waals surface area contributed by atoms with Crippen molar-refractivity contribution >= 4 is 97.1 Å². The maximum absolute atomic E-state index is 14.9. The van der Waals surface area contributed by atoms with E-state index in [1.54, 1.807) is 23.5 Å². The third kappa shape index (κ3) is 6.21. The normalized spacial score (nSPS) is 18.0. The number of amides is 3. The van der Waals surface area contributed by atoms with Crippen LogP contribution in [0.2, 0.25) is 10.0 Å². The van der Waals surface area contributed by atoms with Crippen LogP contribution in [0.5, 0.6) is 0 Å². The molecule has 14 heteroatoms. The van der Waals surface area contributed by atoms with Crippen LogP contribution in [-0.4, -0.2) is 28.2 Å².